The molecule has 138 valence electrons. The van der Waals surface area contributed by atoms with Crippen LogP contribution in [-0.2, 0) is 13.0 Å². The van der Waals surface area contributed by atoms with Crippen LogP contribution < -0.4 is 0 Å². The van der Waals surface area contributed by atoms with Crippen LogP contribution in [0.2, 0.25) is 5.02 Å². The second-order valence-corrected chi connectivity index (χ2v) is 8.79. The van der Waals surface area contributed by atoms with Crippen molar-refractivity contribution < 1.29 is 5.11 Å². The van der Waals surface area contributed by atoms with Crippen molar-refractivity contribution in [3.8, 4) is 0 Å². The van der Waals surface area contributed by atoms with Gasteiger partial charge in [-0.1, -0.05) is 23.7 Å². The number of aromatic nitrogens is 2. The highest BCUT2D eigenvalue weighted by atomic mass is 35.5. The zero-order valence-corrected chi connectivity index (χ0v) is 16.6. The van der Waals surface area contributed by atoms with Gasteiger partial charge in [0.2, 0.25) is 0 Å². The van der Waals surface area contributed by atoms with Crippen molar-refractivity contribution in [3.63, 3.8) is 0 Å². The molecule has 1 fully saturated rings. The number of benzene rings is 1. The van der Waals surface area contributed by atoms with Crippen LogP contribution in [-0.4, -0.2) is 39.1 Å². The summed E-state index contributed by atoms with van der Waals surface area (Å²) in [5, 5.41) is 13.1. The smallest absolute Gasteiger partial charge is 0.194 e. The number of hydrogen-bond donors (Lipinski definition) is 1. The van der Waals surface area contributed by atoms with E-state index in [1.54, 1.807) is 11.3 Å². The lowest BCUT2D eigenvalue weighted by Crippen LogP contribution is -2.46. The fraction of sp³-hybridized carbons (Fsp3) is 0.450. The summed E-state index contributed by atoms with van der Waals surface area (Å²) in [5.41, 5.74) is 3.47. The van der Waals surface area contributed by atoms with Gasteiger partial charge in [-0.3, -0.25) is 9.30 Å². The molecular formula is C20H24ClN3OS. The summed E-state index contributed by atoms with van der Waals surface area (Å²) >= 11 is 7.83. The number of likely N-dealkylation sites (tertiary alicyclic amines) is 1. The van der Waals surface area contributed by atoms with Crippen LogP contribution in [0.15, 0.2) is 35.8 Å². The van der Waals surface area contributed by atoms with Crippen molar-refractivity contribution in [1.29, 1.82) is 0 Å². The molecule has 1 aromatic carbocycles. The minimum atomic E-state index is -0.102. The molecule has 0 spiro atoms. The van der Waals surface area contributed by atoms with Gasteiger partial charge in [0.05, 0.1) is 18.0 Å². The molecule has 1 unspecified atom stereocenters. The van der Waals surface area contributed by atoms with Crippen molar-refractivity contribution in [2.45, 2.75) is 32.7 Å². The second kappa shape index (κ2) is 7.31. The highest BCUT2D eigenvalue weighted by Crippen LogP contribution is 2.35. The topological polar surface area (TPSA) is 40.8 Å². The van der Waals surface area contributed by atoms with E-state index in [1.807, 2.05) is 18.2 Å². The van der Waals surface area contributed by atoms with Crippen LogP contribution in [0.25, 0.3) is 4.96 Å². The van der Waals surface area contributed by atoms with Gasteiger partial charge in [0.25, 0.3) is 0 Å². The van der Waals surface area contributed by atoms with E-state index in [0.717, 1.165) is 54.6 Å². The number of fused-ring (bicyclic) bond motifs is 1. The molecular weight excluding hydrogens is 366 g/mol. The largest absolute Gasteiger partial charge is 0.396 e. The van der Waals surface area contributed by atoms with E-state index in [9.17, 15) is 5.11 Å². The Morgan fingerprint density at radius 3 is 3.08 bits per heavy atom. The van der Waals surface area contributed by atoms with Gasteiger partial charge < -0.3 is 5.11 Å². The quantitative estimate of drug-likeness (QED) is 0.711. The maximum absolute atomic E-state index is 10.2. The molecule has 1 aliphatic rings. The number of imidazole rings is 1. The van der Waals surface area contributed by atoms with E-state index >= 15 is 0 Å². The molecule has 1 saturated heterocycles. The second-order valence-electron chi connectivity index (χ2n) is 7.48. The van der Waals surface area contributed by atoms with Gasteiger partial charge in [-0.15, -0.1) is 11.3 Å². The third-order valence-electron chi connectivity index (χ3n) is 5.48. The van der Waals surface area contributed by atoms with Gasteiger partial charge >= 0.3 is 0 Å². The predicted molar refractivity (Wildman–Crippen MR) is 107 cm³/mol. The number of aliphatic hydroxyl groups is 1. The Morgan fingerprint density at radius 1 is 1.38 bits per heavy atom. The number of halogens is 1. The number of rotatable bonds is 5. The van der Waals surface area contributed by atoms with Crippen molar-refractivity contribution in [2.24, 2.45) is 5.41 Å². The molecule has 4 rings (SSSR count). The van der Waals surface area contributed by atoms with Crippen LogP contribution in [0.3, 0.4) is 0 Å². The van der Waals surface area contributed by atoms with Crippen molar-refractivity contribution in [1.82, 2.24) is 14.3 Å². The van der Waals surface area contributed by atoms with Gasteiger partial charge in [0, 0.05) is 35.1 Å². The first kappa shape index (κ1) is 18.0. The molecule has 1 atom stereocenters. The molecule has 2 aromatic heterocycles. The first-order valence-electron chi connectivity index (χ1n) is 9.07. The molecule has 0 bridgehead atoms. The Labute approximate surface area is 163 Å². The van der Waals surface area contributed by atoms with Gasteiger partial charge in [0.1, 0.15) is 0 Å². The zero-order valence-electron chi connectivity index (χ0n) is 15.0. The minimum Gasteiger partial charge on any atom is -0.396 e. The summed E-state index contributed by atoms with van der Waals surface area (Å²) < 4.78 is 2.20. The third kappa shape index (κ3) is 3.54. The van der Waals surface area contributed by atoms with E-state index in [1.165, 1.54) is 11.3 Å². The van der Waals surface area contributed by atoms with Crippen LogP contribution in [0.1, 0.15) is 29.8 Å². The molecule has 0 amide bonds. The Balaban J connectivity index is 1.53. The minimum absolute atomic E-state index is 0.102. The summed E-state index contributed by atoms with van der Waals surface area (Å²) in [6.45, 7) is 5.13. The van der Waals surface area contributed by atoms with Crippen molar-refractivity contribution in [3.05, 3.63) is 57.8 Å². The Kier molecular flexibility index (Phi) is 5.06. The van der Waals surface area contributed by atoms with Crippen LogP contribution >= 0.6 is 22.9 Å². The summed E-state index contributed by atoms with van der Waals surface area (Å²) in [6.07, 6.45) is 5.11. The Bertz CT molecular complexity index is 905. The van der Waals surface area contributed by atoms with E-state index in [2.05, 4.69) is 38.9 Å². The average Bonchev–Trinajstić information content (AvgIpc) is 3.18. The summed E-state index contributed by atoms with van der Waals surface area (Å²) in [6, 6.07) is 8.02. The summed E-state index contributed by atoms with van der Waals surface area (Å²) in [5.74, 6) is 0. The highest BCUT2D eigenvalue weighted by Gasteiger charge is 2.35. The fourth-order valence-electron chi connectivity index (χ4n) is 4.20. The Hall–Kier alpha value is -1.40. The monoisotopic (exact) mass is 389 g/mol. The molecule has 3 heterocycles. The average molecular weight is 390 g/mol. The molecule has 0 saturated carbocycles. The third-order valence-corrected chi connectivity index (χ3v) is 6.47. The number of aryl methyl sites for hydroxylation is 1. The molecule has 1 aliphatic heterocycles. The lowest BCUT2D eigenvalue weighted by atomic mass is 9.75. The first-order chi connectivity index (χ1) is 12.6. The van der Waals surface area contributed by atoms with Crippen LogP contribution in [0.5, 0.6) is 0 Å². The van der Waals surface area contributed by atoms with E-state index in [-0.39, 0.29) is 12.0 Å². The molecule has 6 heteroatoms. The van der Waals surface area contributed by atoms with E-state index in [4.69, 9.17) is 11.6 Å². The maximum Gasteiger partial charge on any atom is 0.194 e. The molecule has 4 nitrogen and oxygen atoms in total. The van der Waals surface area contributed by atoms with Gasteiger partial charge in [-0.2, -0.15) is 0 Å². The van der Waals surface area contributed by atoms with E-state index in [0.29, 0.717) is 0 Å². The van der Waals surface area contributed by atoms with Crippen LogP contribution in [0, 0.1) is 12.3 Å². The maximum atomic E-state index is 10.2. The van der Waals surface area contributed by atoms with Gasteiger partial charge in [-0.05, 0) is 50.4 Å². The predicted octanol–water partition coefficient (Wildman–Crippen LogP) is 4.17. The number of thiazole rings is 1. The standard InChI is InChI=1S/C20H24ClN3OS/c1-15-18(24-8-9-26-19(24)22-15)12-23-7-3-6-20(13-23,14-25)11-16-4-2-5-17(21)10-16/h2,4-5,8-10,25H,3,6-7,11-14H2,1H3. The van der Waals surface area contributed by atoms with Gasteiger partial charge in [0.15, 0.2) is 4.96 Å². The zero-order chi connectivity index (χ0) is 18.1. The SMILES string of the molecule is Cc1nc2sccn2c1CN1CCCC(CO)(Cc2cccc(Cl)c2)C1. The Morgan fingerprint density at radius 2 is 2.27 bits per heavy atom. The highest BCUT2D eigenvalue weighted by molar-refractivity contribution is 7.15. The molecule has 0 radical (unpaired) electrons. The summed E-state index contributed by atoms with van der Waals surface area (Å²) in [7, 11) is 0. The molecule has 3 aromatic rings. The first-order valence-corrected chi connectivity index (χ1v) is 10.3. The van der Waals surface area contributed by atoms with Gasteiger partial charge in [-0.25, -0.2) is 4.98 Å². The number of nitrogens with zero attached hydrogens (tertiary/aromatic N) is 3. The number of hydrogen-bond acceptors (Lipinski definition) is 4. The fourth-order valence-corrected chi connectivity index (χ4v) is 5.19. The van der Waals surface area contributed by atoms with Crippen molar-refractivity contribution in [2.75, 3.05) is 19.7 Å². The number of piperidine rings is 1. The lowest BCUT2D eigenvalue weighted by molar-refractivity contribution is 0.0282. The van der Waals surface area contributed by atoms with E-state index < -0.39 is 0 Å². The normalized spacial score (nSPS) is 21.5. The van der Waals surface area contributed by atoms with Crippen molar-refractivity contribution >= 4 is 27.9 Å². The summed E-state index contributed by atoms with van der Waals surface area (Å²) in [4.78, 5) is 8.19. The lowest BCUT2D eigenvalue weighted by Gasteiger charge is -2.42. The molecule has 1 N–H and O–H groups in total. The number of aliphatic hydroxyl groups excluding tert-OH is 1. The van der Waals surface area contributed by atoms with Crippen LogP contribution in [0.4, 0.5) is 0 Å². The molecule has 0 aliphatic carbocycles. The molecule has 26 heavy (non-hydrogen) atoms.